The number of benzene rings is 2. The molecule has 1 aromatic heterocycles. The molecule has 0 saturated heterocycles. The molecule has 7 heteroatoms. The predicted octanol–water partition coefficient (Wildman–Crippen LogP) is 3.99. The summed E-state index contributed by atoms with van der Waals surface area (Å²) in [5, 5.41) is 13.3. The molecule has 0 aliphatic carbocycles. The number of nitrogens with one attached hydrogen (secondary N) is 1. The monoisotopic (exact) mass is 388 g/mol. The van der Waals surface area contributed by atoms with E-state index < -0.39 is 17.5 Å². The van der Waals surface area contributed by atoms with Crippen molar-refractivity contribution in [2.75, 3.05) is 7.05 Å². The van der Waals surface area contributed by atoms with Gasteiger partial charge in [0.15, 0.2) is 11.6 Å². The molecule has 3 aromatic rings. The highest BCUT2D eigenvalue weighted by molar-refractivity contribution is 6.30. The lowest BCUT2D eigenvalue weighted by molar-refractivity contribution is -0.121. The van der Waals surface area contributed by atoms with Crippen LogP contribution in [0.4, 0.5) is 4.39 Å². The quantitative estimate of drug-likeness (QED) is 0.712. The number of likely N-dealkylation sites (N-methyl/N-ethyl adjacent to an activating group) is 1. The van der Waals surface area contributed by atoms with Crippen LogP contribution in [0.3, 0.4) is 0 Å². The molecule has 1 atom stereocenters. The number of hydrogen-bond acceptors (Lipinski definition) is 3. The highest BCUT2D eigenvalue weighted by Gasteiger charge is 2.27. The van der Waals surface area contributed by atoms with E-state index in [4.69, 9.17) is 11.6 Å². The number of amides is 1. The van der Waals surface area contributed by atoms with E-state index in [-0.39, 0.29) is 17.3 Å². The van der Waals surface area contributed by atoms with Crippen LogP contribution >= 0.6 is 11.6 Å². The second kappa shape index (κ2) is 7.04. The number of halogens is 2. The minimum atomic E-state index is -0.843. The molecule has 0 bridgehead atoms. The van der Waals surface area contributed by atoms with E-state index in [9.17, 15) is 19.1 Å². The van der Waals surface area contributed by atoms with Crippen LogP contribution in [0.15, 0.2) is 36.4 Å². The van der Waals surface area contributed by atoms with Gasteiger partial charge >= 0.3 is 0 Å². The van der Waals surface area contributed by atoms with Gasteiger partial charge in [0.1, 0.15) is 0 Å². The number of carbonyl (C=O) groups excluding carboxylic acids is 2. The van der Waals surface area contributed by atoms with Crippen LogP contribution < -0.4 is 5.32 Å². The van der Waals surface area contributed by atoms with Crippen molar-refractivity contribution in [2.24, 2.45) is 0 Å². The van der Waals surface area contributed by atoms with E-state index in [0.717, 1.165) is 6.07 Å². The van der Waals surface area contributed by atoms with Crippen LogP contribution in [0.5, 0.6) is 5.75 Å². The molecule has 1 amide bonds. The third-order valence-corrected chi connectivity index (χ3v) is 4.94. The molecule has 2 N–H and O–H groups in total. The normalized spacial score (nSPS) is 12.2. The van der Waals surface area contributed by atoms with Crippen LogP contribution in [0.1, 0.15) is 34.5 Å². The molecule has 2 aromatic carbocycles. The third kappa shape index (κ3) is 3.17. The first kappa shape index (κ1) is 18.9. The van der Waals surface area contributed by atoms with Crippen LogP contribution in [0.2, 0.25) is 5.02 Å². The molecule has 0 fully saturated rings. The van der Waals surface area contributed by atoms with Crippen molar-refractivity contribution in [3.8, 4) is 5.75 Å². The smallest absolute Gasteiger partial charge is 0.262 e. The van der Waals surface area contributed by atoms with E-state index >= 15 is 0 Å². The van der Waals surface area contributed by atoms with Gasteiger partial charge in [0.05, 0.1) is 11.4 Å². The van der Waals surface area contributed by atoms with E-state index in [2.05, 4.69) is 5.32 Å². The number of phenols is 1. The lowest BCUT2D eigenvalue weighted by Gasteiger charge is -2.12. The maximum absolute atomic E-state index is 14.0. The predicted molar refractivity (Wildman–Crippen MR) is 102 cm³/mol. The Morgan fingerprint density at radius 3 is 2.44 bits per heavy atom. The maximum atomic E-state index is 14.0. The first-order chi connectivity index (χ1) is 12.8. The standard InChI is InChI=1S/C20H18ClFN2O3/c1-10(19(26)23-3)18-11(2)24(16-9-15(22)17(25)8-14(16)18)20(27)12-4-6-13(21)7-5-12/h4-10,25H,1-3H3,(H,23,26). The lowest BCUT2D eigenvalue weighted by atomic mass is 9.97. The third-order valence-electron chi connectivity index (χ3n) is 4.69. The Morgan fingerprint density at radius 2 is 1.85 bits per heavy atom. The van der Waals surface area contributed by atoms with Gasteiger partial charge in [-0.3, -0.25) is 14.2 Å². The summed E-state index contributed by atoms with van der Waals surface area (Å²) in [4.78, 5) is 25.3. The number of phenolic OH excluding ortho intramolecular Hbond substituents is 1. The molecule has 1 unspecified atom stereocenters. The Kier molecular flexibility index (Phi) is 4.93. The molecule has 0 saturated carbocycles. The minimum Gasteiger partial charge on any atom is -0.505 e. The van der Waals surface area contributed by atoms with Crippen molar-refractivity contribution in [1.29, 1.82) is 0 Å². The zero-order valence-corrected chi connectivity index (χ0v) is 15.8. The fourth-order valence-electron chi connectivity index (χ4n) is 3.33. The summed E-state index contributed by atoms with van der Waals surface area (Å²) < 4.78 is 15.4. The highest BCUT2D eigenvalue weighted by atomic mass is 35.5. The molecule has 5 nitrogen and oxygen atoms in total. The average Bonchev–Trinajstić information content (AvgIpc) is 2.91. The second-order valence-electron chi connectivity index (χ2n) is 6.30. The van der Waals surface area contributed by atoms with Gasteiger partial charge in [-0.1, -0.05) is 11.6 Å². The van der Waals surface area contributed by atoms with Crippen LogP contribution in [-0.2, 0) is 4.79 Å². The van der Waals surface area contributed by atoms with Crippen molar-refractivity contribution in [3.05, 3.63) is 64.1 Å². The molecule has 0 aliphatic rings. The molecule has 0 radical (unpaired) electrons. The largest absolute Gasteiger partial charge is 0.505 e. The van der Waals surface area contributed by atoms with Gasteiger partial charge in [0, 0.05) is 34.8 Å². The SMILES string of the molecule is CNC(=O)C(C)c1c(C)n(C(=O)c2ccc(Cl)cc2)c2cc(F)c(O)cc12. The van der Waals surface area contributed by atoms with E-state index in [0.29, 0.717) is 27.2 Å². The van der Waals surface area contributed by atoms with Crippen molar-refractivity contribution in [3.63, 3.8) is 0 Å². The Morgan fingerprint density at radius 1 is 1.22 bits per heavy atom. The highest BCUT2D eigenvalue weighted by Crippen LogP contribution is 2.36. The van der Waals surface area contributed by atoms with Gasteiger partial charge in [-0.05, 0) is 49.7 Å². The van der Waals surface area contributed by atoms with E-state index in [1.54, 1.807) is 38.1 Å². The van der Waals surface area contributed by atoms with Crippen LogP contribution in [0.25, 0.3) is 10.9 Å². The fourth-order valence-corrected chi connectivity index (χ4v) is 3.45. The number of nitrogens with zero attached hydrogens (tertiary/aromatic N) is 1. The van der Waals surface area contributed by atoms with Gasteiger partial charge in [-0.15, -0.1) is 0 Å². The summed E-state index contributed by atoms with van der Waals surface area (Å²) in [7, 11) is 1.52. The Balaban J connectivity index is 2.30. The van der Waals surface area contributed by atoms with Gasteiger partial charge in [0.2, 0.25) is 5.91 Å². The number of aromatic nitrogens is 1. The Hall–Kier alpha value is -2.86. The van der Waals surface area contributed by atoms with E-state index in [1.165, 1.54) is 17.7 Å². The summed E-state index contributed by atoms with van der Waals surface area (Å²) in [5.41, 5.74) is 1.72. The van der Waals surface area contributed by atoms with Crippen molar-refractivity contribution in [2.45, 2.75) is 19.8 Å². The number of carbonyl (C=O) groups is 2. The van der Waals surface area contributed by atoms with Crippen LogP contribution in [0, 0.1) is 12.7 Å². The molecule has 3 rings (SSSR count). The number of aromatic hydroxyl groups is 1. The van der Waals surface area contributed by atoms with Gasteiger partial charge < -0.3 is 10.4 Å². The van der Waals surface area contributed by atoms with Gasteiger partial charge in [-0.25, -0.2) is 4.39 Å². The van der Waals surface area contributed by atoms with Gasteiger partial charge in [0.25, 0.3) is 5.91 Å². The molecular formula is C20H18ClFN2O3. The molecular weight excluding hydrogens is 371 g/mol. The second-order valence-corrected chi connectivity index (χ2v) is 6.74. The molecule has 0 aliphatic heterocycles. The summed E-state index contributed by atoms with van der Waals surface area (Å²) in [6.07, 6.45) is 0. The van der Waals surface area contributed by atoms with Crippen LogP contribution in [-0.4, -0.2) is 28.5 Å². The molecule has 1 heterocycles. The summed E-state index contributed by atoms with van der Waals surface area (Å²) in [5.74, 6) is -2.61. The number of hydrogen-bond donors (Lipinski definition) is 2. The van der Waals surface area contributed by atoms with Crippen molar-refractivity contribution in [1.82, 2.24) is 9.88 Å². The Bertz CT molecular complexity index is 1060. The van der Waals surface area contributed by atoms with Crippen molar-refractivity contribution < 1.29 is 19.1 Å². The first-order valence-electron chi connectivity index (χ1n) is 8.31. The molecule has 0 spiro atoms. The summed E-state index contributed by atoms with van der Waals surface area (Å²) >= 11 is 5.88. The number of fused-ring (bicyclic) bond motifs is 1. The maximum Gasteiger partial charge on any atom is 0.262 e. The summed E-state index contributed by atoms with van der Waals surface area (Å²) in [6, 6.07) is 8.69. The first-order valence-corrected chi connectivity index (χ1v) is 8.69. The van der Waals surface area contributed by atoms with Crippen molar-refractivity contribution >= 4 is 34.3 Å². The van der Waals surface area contributed by atoms with E-state index in [1.807, 2.05) is 0 Å². The molecule has 140 valence electrons. The average molecular weight is 389 g/mol. The summed E-state index contributed by atoms with van der Waals surface area (Å²) in [6.45, 7) is 3.38. The topological polar surface area (TPSA) is 71.3 Å². The molecule has 27 heavy (non-hydrogen) atoms. The zero-order valence-electron chi connectivity index (χ0n) is 15.0. The minimum absolute atomic E-state index is 0.250. The Labute approximate surface area is 160 Å². The number of rotatable bonds is 3. The zero-order chi connectivity index (χ0) is 19.9. The van der Waals surface area contributed by atoms with Gasteiger partial charge in [-0.2, -0.15) is 0 Å². The fraction of sp³-hybridized carbons (Fsp3) is 0.200. The lowest BCUT2D eigenvalue weighted by Crippen LogP contribution is -2.24.